The molecule has 22 heavy (non-hydrogen) atoms. The molecular formula is C20H29NO. The molecule has 0 N–H and O–H groups in total. The average Bonchev–Trinajstić information content (AvgIpc) is 2.44. The Morgan fingerprint density at radius 1 is 1.05 bits per heavy atom. The average molecular weight is 299 g/mol. The molecule has 0 radical (unpaired) electrons. The van der Waals surface area contributed by atoms with Crippen molar-refractivity contribution in [3.8, 4) is 5.75 Å². The van der Waals surface area contributed by atoms with Crippen molar-refractivity contribution >= 4 is 10.9 Å². The van der Waals surface area contributed by atoms with E-state index in [1.54, 1.807) is 7.11 Å². The van der Waals surface area contributed by atoms with Crippen molar-refractivity contribution in [1.82, 2.24) is 4.98 Å². The van der Waals surface area contributed by atoms with Crippen LogP contribution in [0.25, 0.3) is 10.9 Å². The molecule has 2 rings (SSSR count). The maximum absolute atomic E-state index is 5.65. The molecule has 0 spiro atoms. The third kappa shape index (κ3) is 3.26. The second-order valence-electron chi connectivity index (χ2n) is 7.83. The molecule has 120 valence electrons. The standard InChI is InChI=1S/C20H29NO/c1-8-11-20(5,6)18-17(22-7)13-14-12-15(19(2,3)4)9-10-16(14)21-18/h9-10,12-13H,8,11H2,1-7H3. The number of hydrogen-bond acceptors (Lipinski definition) is 2. The molecule has 0 fully saturated rings. The minimum Gasteiger partial charge on any atom is -0.495 e. The minimum atomic E-state index is 0.0248. The van der Waals surface area contributed by atoms with Gasteiger partial charge < -0.3 is 4.74 Å². The highest BCUT2D eigenvalue weighted by Crippen LogP contribution is 2.36. The van der Waals surface area contributed by atoms with Gasteiger partial charge in [-0.05, 0) is 35.6 Å². The summed E-state index contributed by atoms with van der Waals surface area (Å²) in [5, 5.41) is 1.15. The van der Waals surface area contributed by atoms with Crippen molar-refractivity contribution in [2.45, 2.75) is 65.2 Å². The first-order valence-electron chi connectivity index (χ1n) is 8.19. The van der Waals surface area contributed by atoms with Crippen LogP contribution in [0.5, 0.6) is 5.75 Å². The zero-order valence-corrected chi connectivity index (χ0v) is 15.1. The first-order chi connectivity index (χ1) is 10.2. The lowest BCUT2D eigenvalue weighted by Crippen LogP contribution is -2.20. The molecule has 2 heteroatoms. The van der Waals surface area contributed by atoms with Gasteiger partial charge in [0.15, 0.2) is 0 Å². The number of ether oxygens (including phenoxy) is 1. The molecule has 0 unspecified atom stereocenters. The monoisotopic (exact) mass is 299 g/mol. The van der Waals surface area contributed by atoms with E-state index in [1.165, 1.54) is 5.56 Å². The van der Waals surface area contributed by atoms with Gasteiger partial charge in [0, 0.05) is 10.8 Å². The summed E-state index contributed by atoms with van der Waals surface area (Å²) >= 11 is 0. The van der Waals surface area contributed by atoms with E-state index >= 15 is 0 Å². The van der Waals surface area contributed by atoms with Gasteiger partial charge in [-0.1, -0.05) is 54.0 Å². The number of rotatable bonds is 4. The Labute approximate surface area is 134 Å². The molecule has 2 aromatic rings. The summed E-state index contributed by atoms with van der Waals surface area (Å²) in [7, 11) is 1.74. The second-order valence-corrected chi connectivity index (χ2v) is 7.83. The first kappa shape index (κ1) is 16.8. The highest BCUT2D eigenvalue weighted by molar-refractivity contribution is 5.81. The zero-order valence-electron chi connectivity index (χ0n) is 15.1. The summed E-state index contributed by atoms with van der Waals surface area (Å²) in [6, 6.07) is 8.71. The van der Waals surface area contributed by atoms with Gasteiger partial charge in [0.1, 0.15) is 5.75 Å². The summed E-state index contributed by atoms with van der Waals surface area (Å²) in [4.78, 5) is 4.93. The number of nitrogens with zero attached hydrogens (tertiary/aromatic N) is 1. The lowest BCUT2D eigenvalue weighted by atomic mass is 9.83. The third-order valence-corrected chi connectivity index (χ3v) is 4.38. The summed E-state index contributed by atoms with van der Waals surface area (Å²) in [5.41, 5.74) is 3.60. The minimum absolute atomic E-state index is 0.0248. The molecule has 2 nitrogen and oxygen atoms in total. The Hall–Kier alpha value is -1.57. The topological polar surface area (TPSA) is 22.1 Å². The van der Waals surface area contributed by atoms with E-state index in [9.17, 15) is 0 Å². The van der Waals surface area contributed by atoms with Gasteiger partial charge in [-0.3, -0.25) is 0 Å². The predicted molar refractivity (Wildman–Crippen MR) is 94.9 cm³/mol. The van der Waals surface area contributed by atoms with Crippen LogP contribution < -0.4 is 4.74 Å². The van der Waals surface area contributed by atoms with Crippen LogP contribution in [0, 0.1) is 0 Å². The van der Waals surface area contributed by atoms with Crippen LogP contribution in [-0.2, 0) is 10.8 Å². The smallest absolute Gasteiger partial charge is 0.141 e. The molecule has 0 atom stereocenters. The quantitative estimate of drug-likeness (QED) is 0.731. The molecule has 0 saturated carbocycles. The van der Waals surface area contributed by atoms with Crippen molar-refractivity contribution in [2.24, 2.45) is 0 Å². The van der Waals surface area contributed by atoms with Crippen molar-refractivity contribution < 1.29 is 4.74 Å². The number of hydrogen-bond donors (Lipinski definition) is 0. The predicted octanol–water partition coefficient (Wildman–Crippen LogP) is 5.62. The van der Waals surface area contributed by atoms with Crippen LogP contribution in [0.2, 0.25) is 0 Å². The Balaban J connectivity index is 2.62. The molecule has 0 aliphatic heterocycles. The Kier molecular flexibility index (Phi) is 4.51. The van der Waals surface area contributed by atoms with Crippen LogP contribution in [0.3, 0.4) is 0 Å². The highest BCUT2D eigenvalue weighted by Gasteiger charge is 2.26. The van der Waals surface area contributed by atoms with E-state index in [-0.39, 0.29) is 10.8 Å². The maximum atomic E-state index is 5.65. The van der Waals surface area contributed by atoms with Crippen molar-refractivity contribution in [1.29, 1.82) is 0 Å². The van der Waals surface area contributed by atoms with Crippen molar-refractivity contribution in [3.05, 3.63) is 35.5 Å². The number of fused-ring (bicyclic) bond motifs is 1. The number of benzene rings is 1. The molecular weight excluding hydrogens is 270 g/mol. The maximum Gasteiger partial charge on any atom is 0.141 e. The van der Waals surface area contributed by atoms with Crippen LogP contribution >= 0.6 is 0 Å². The van der Waals surface area contributed by atoms with E-state index in [1.807, 2.05) is 0 Å². The van der Waals surface area contributed by atoms with E-state index in [0.29, 0.717) is 0 Å². The third-order valence-electron chi connectivity index (χ3n) is 4.38. The normalized spacial score (nSPS) is 12.7. The van der Waals surface area contributed by atoms with Crippen molar-refractivity contribution in [3.63, 3.8) is 0 Å². The van der Waals surface area contributed by atoms with Gasteiger partial charge in [-0.15, -0.1) is 0 Å². The zero-order chi connectivity index (χ0) is 16.5. The van der Waals surface area contributed by atoms with Gasteiger partial charge >= 0.3 is 0 Å². The van der Waals surface area contributed by atoms with E-state index in [0.717, 1.165) is 35.2 Å². The Bertz CT molecular complexity index is 665. The second kappa shape index (κ2) is 5.91. The van der Waals surface area contributed by atoms with Gasteiger partial charge in [0.2, 0.25) is 0 Å². The summed E-state index contributed by atoms with van der Waals surface area (Å²) in [6.07, 6.45) is 2.24. The summed E-state index contributed by atoms with van der Waals surface area (Å²) < 4.78 is 5.65. The molecule has 1 heterocycles. The fraction of sp³-hybridized carbons (Fsp3) is 0.550. The fourth-order valence-electron chi connectivity index (χ4n) is 3.01. The van der Waals surface area contributed by atoms with Gasteiger partial charge in [-0.2, -0.15) is 0 Å². The summed E-state index contributed by atoms with van der Waals surface area (Å²) in [5.74, 6) is 0.900. The molecule has 1 aromatic heterocycles. The lowest BCUT2D eigenvalue weighted by Gasteiger charge is -2.26. The highest BCUT2D eigenvalue weighted by atomic mass is 16.5. The molecule has 0 bridgehead atoms. The van der Waals surface area contributed by atoms with Crippen LogP contribution in [-0.4, -0.2) is 12.1 Å². The first-order valence-corrected chi connectivity index (χ1v) is 8.19. The van der Waals surface area contributed by atoms with E-state index in [2.05, 4.69) is 65.8 Å². The van der Waals surface area contributed by atoms with Gasteiger partial charge in [-0.25, -0.2) is 4.98 Å². The number of methoxy groups -OCH3 is 1. The lowest BCUT2D eigenvalue weighted by molar-refractivity contribution is 0.378. The molecule has 0 saturated heterocycles. The number of pyridine rings is 1. The molecule has 0 aliphatic rings. The fourth-order valence-corrected chi connectivity index (χ4v) is 3.01. The van der Waals surface area contributed by atoms with Crippen LogP contribution in [0.15, 0.2) is 24.3 Å². The molecule has 0 aliphatic carbocycles. The van der Waals surface area contributed by atoms with E-state index < -0.39 is 0 Å². The van der Waals surface area contributed by atoms with Crippen LogP contribution in [0.4, 0.5) is 0 Å². The van der Waals surface area contributed by atoms with E-state index in [4.69, 9.17) is 9.72 Å². The summed E-state index contributed by atoms with van der Waals surface area (Å²) in [6.45, 7) is 13.4. The van der Waals surface area contributed by atoms with Crippen molar-refractivity contribution in [2.75, 3.05) is 7.11 Å². The number of aromatic nitrogens is 1. The SMILES string of the molecule is CCCC(C)(C)c1nc2ccc(C(C)(C)C)cc2cc1OC. The molecule has 1 aromatic carbocycles. The van der Waals surface area contributed by atoms with Crippen LogP contribution in [0.1, 0.15) is 65.6 Å². The molecule has 0 amide bonds. The van der Waals surface area contributed by atoms with Gasteiger partial charge in [0.25, 0.3) is 0 Å². The largest absolute Gasteiger partial charge is 0.495 e. The Morgan fingerprint density at radius 2 is 1.73 bits per heavy atom. The Morgan fingerprint density at radius 3 is 2.27 bits per heavy atom. The van der Waals surface area contributed by atoms with Gasteiger partial charge in [0.05, 0.1) is 18.3 Å².